The topological polar surface area (TPSA) is 307 Å². The number of rotatable bonds is 55. The van der Waals surface area contributed by atoms with Crippen molar-refractivity contribution in [1.82, 2.24) is 5.32 Å². The molecule has 17 unspecified atom stereocenters. The minimum absolute atomic E-state index is 0.225. The summed E-state index contributed by atoms with van der Waals surface area (Å²) in [5.74, 6) is -0.289. The van der Waals surface area contributed by atoms with Gasteiger partial charge in [0.1, 0.15) is 73.2 Å². The smallest absolute Gasteiger partial charge is 0.220 e. The summed E-state index contributed by atoms with van der Waals surface area (Å²) in [7, 11) is 0. The maximum Gasteiger partial charge on any atom is 0.220 e. The van der Waals surface area contributed by atoms with Gasteiger partial charge in [0, 0.05) is 6.42 Å². The van der Waals surface area contributed by atoms with E-state index in [1.54, 1.807) is 6.08 Å². The van der Waals surface area contributed by atoms with Gasteiger partial charge in [0.15, 0.2) is 18.9 Å². The first-order valence-corrected chi connectivity index (χ1v) is 36.0. The predicted molar refractivity (Wildman–Crippen MR) is 355 cm³/mol. The Bertz CT molecular complexity index is 1890. The fraction of sp³-hybridized carbons (Fsp3) is 0.847. The molecule has 0 saturated carbocycles. The van der Waals surface area contributed by atoms with E-state index in [1.807, 2.05) is 6.08 Å². The molecule has 3 aliphatic heterocycles. The lowest BCUT2D eigenvalue weighted by Crippen LogP contribution is -2.66. The lowest BCUT2D eigenvalue weighted by Gasteiger charge is -2.48. The van der Waals surface area contributed by atoms with Gasteiger partial charge >= 0.3 is 0 Å². The van der Waals surface area contributed by atoms with Crippen LogP contribution in [0.2, 0.25) is 0 Å². The third kappa shape index (κ3) is 35.4. The summed E-state index contributed by atoms with van der Waals surface area (Å²) >= 11 is 0. The van der Waals surface area contributed by atoms with E-state index in [4.69, 9.17) is 28.4 Å². The van der Waals surface area contributed by atoms with Crippen molar-refractivity contribution in [2.45, 2.75) is 362 Å². The van der Waals surface area contributed by atoms with Gasteiger partial charge < -0.3 is 89.9 Å². The second-order valence-corrected chi connectivity index (χ2v) is 25.7. The number of aliphatic hydroxyl groups is 11. The Labute approximate surface area is 547 Å². The number of nitrogens with one attached hydrogen (secondary N) is 1. The number of carbonyl (C=O) groups excluding carboxylic acids is 1. The lowest BCUT2D eigenvalue weighted by atomic mass is 9.96. The minimum Gasteiger partial charge on any atom is -0.394 e. The number of amides is 1. The lowest BCUT2D eigenvalue weighted by molar-refractivity contribution is -0.379. The molecule has 19 heteroatoms. The largest absolute Gasteiger partial charge is 0.394 e. The average Bonchev–Trinajstić information content (AvgIpc) is 0.886. The van der Waals surface area contributed by atoms with Crippen LogP contribution in [0, 0.1) is 0 Å². The fourth-order valence-electron chi connectivity index (χ4n) is 12.0. The van der Waals surface area contributed by atoms with Crippen molar-refractivity contribution in [2.24, 2.45) is 0 Å². The Kier molecular flexibility index (Phi) is 48.7. The normalized spacial score (nSPS) is 28.2. The Morgan fingerprint density at radius 2 is 0.758 bits per heavy atom. The molecule has 0 spiro atoms. The van der Waals surface area contributed by atoms with Crippen molar-refractivity contribution in [3.8, 4) is 0 Å². The first kappa shape index (κ1) is 82.7. The van der Waals surface area contributed by atoms with Crippen molar-refractivity contribution < 1.29 is 89.4 Å². The zero-order valence-corrected chi connectivity index (χ0v) is 56.1. The number of hydrogen-bond donors (Lipinski definition) is 12. The second-order valence-electron chi connectivity index (χ2n) is 25.7. The monoisotopic (exact) mass is 1300 g/mol. The molecular formula is C72H129NO18. The van der Waals surface area contributed by atoms with E-state index in [-0.39, 0.29) is 18.9 Å². The van der Waals surface area contributed by atoms with Crippen molar-refractivity contribution in [1.29, 1.82) is 0 Å². The molecule has 3 fully saturated rings. The molecule has 0 radical (unpaired) electrons. The molecule has 3 saturated heterocycles. The third-order valence-electron chi connectivity index (χ3n) is 17.8. The van der Waals surface area contributed by atoms with Crippen LogP contribution in [0.4, 0.5) is 0 Å². The Morgan fingerprint density at radius 3 is 1.19 bits per heavy atom. The molecule has 91 heavy (non-hydrogen) atoms. The number of ether oxygens (including phenoxy) is 6. The van der Waals surface area contributed by atoms with E-state index >= 15 is 0 Å². The molecule has 3 rings (SSSR count). The molecule has 0 aromatic carbocycles. The summed E-state index contributed by atoms with van der Waals surface area (Å²) in [6, 6.07) is -0.985. The minimum atomic E-state index is -1.98. The van der Waals surface area contributed by atoms with Crippen LogP contribution in [0.3, 0.4) is 0 Å². The number of aliphatic hydroxyl groups excluding tert-OH is 11. The summed E-state index contributed by atoms with van der Waals surface area (Å²) in [5.41, 5.74) is 0. The van der Waals surface area contributed by atoms with Gasteiger partial charge in [-0.3, -0.25) is 4.79 Å². The molecule has 1 amide bonds. The molecule has 3 aliphatic rings. The highest BCUT2D eigenvalue weighted by atomic mass is 16.8. The van der Waals surface area contributed by atoms with Gasteiger partial charge in [-0.15, -0.1) is 0 Å². The van der Waals surface area contributed by atoms with Gasteiger partial charge in [-0.25, -0.2) is 0 Å². The van der Waals surface area contributed by atoms with Crippen molar-refractivity contribution in [3.63, 3.8) is 0 Å². The molecule has 17 atom stereocenters. The van der Waals surface area contributed by atoms with Crippen LogP contribution in [0.5, 0.6) is 0 Å². The van der Waals surface area contributed by atoms with Crippen LogP contribution in [0.15, 0.2) is 60.8 Å². The zero-order chi connectivity index (χ0) is 66.1. The van der Waals surface area contributed by atoms with E-state index in [1.165, 1.54) is 141 Å². The van der Waals surface area contributed by atoms with E-state index in [0.717, 1.165) is 89.9 Å². The molecule has 3 heterocycles. The zero-order valence-electron chi connectivity index (χ0n) is 56.1. The maximum absolute atomic E-state index is 13.4. The van der Waals surface area contributed by atoms with Crippen LogP contribution in [-0.2, 0) is 33.2 Å². The van der Waals surface area contributed by atoms with Crippen LogP contribution < -0.4 is 5.32 Å². The number of hydrogen-bond acceptors (Lipinski definition) is 18. The van der Waals surface area contributed by atoms with Gasteiger partial charge in [-0.1, -0.05) is 254 Å². The molecule has 12 N–H and O–H groups in total. The van der Waals surface area contributed by atoms with Gasteiger partial charge in [0.25, 0.3) is 0 Å². The van der Waals surface area contributed by atoms with Crippen molar-refractivity contribution in [3.05, 3.63) is 60.8 Å². The highest BCUT2D eigenvalue weighted by Crippen LogP contribution is 2.33. The average molecular weight is 1300 g/mol. The SMILES string of the molecule is CC/C=C\C/C=C\C/C=C\C/C=C\CCCCCCCCC(=O)NC(COC1OC(CO)C(OC2OC(CO)C(OC3OC(CO)C(O)C(O)C3O)C(O)C2O)C(O)C1O)C(O)/C=C/CCCCCCCCCCCCCCCCCCCCCCCCCCC. The van der Waals surface area contributed by atoms with Crippen LogP contribution in [-0.4, -0.2) is 193 Å². The standard InChI is InChI=1S/C72H129NO18/c1-3-5-7-9-11-13-15-17-19-21-23-24-25-26-27-28-29-30-32-33-35-37-39-41-43-45-47-49-56(77)55(73-60(78)50-48-46-44-42-40-38-36-34-31-22-20-18-16-14-12-10-8-6-4-2)54-86-70-66(84)63(81)68(58(52-75)88-70)91-72-67(85)64(82)69(59(53-76)89-72)90-71-65(83)62(80)61(79)57(51-74)87-71/h6,8,12,14,18,20,31,34,47,49,55-59,61-72,74-77,79-85H,3-5,7,9-11,13,15-17,19,21-30,32-33,35-46,48,50-54H2,1-2H3,(H,73,78)/b8-6-,14-12-,20-18-,34-31-,49-47+. The van der Waals surface area contributed by atoms with Crippen LogP contribution in [0.1, 0.15) is 258 Å². The molecule has 0 aromatic heterocycles. The van der Waals surface area contributed by atoms with Gasteiger partial charge in [-0.2, -0.15) is 0 Å². The molecule has 0 bridgehead atoms. The van der Waals surface area contributed by atoms with E-state index < -0.39 is 124 Å². The fourth-order valence-corrected chi connectivity index (χ4v) is 12.0. The van der Waals surface area contributed by atoms with Gasteiger partial charge in [-0.05, 0) is 57.8 Å². The third-order valence-corrected chi connectivity index (χ3v) is 17.8. The van der Waals surface area contributed by atoms with Gasteiger partial charge in [0.05, 0.1) is 38.6 Å². The Morgan fingerprint density at radius 1 is 0.407 bits per heavy atom. The van der Waals surface area contributed by atoms with Gasteiger partial charge in [0.2, 0.25) is 5.91 Å². The summed E-state index contributed by atoms with van der Waals surface area (Å²) in [6.45, 7) is 1.63. The van der Waals surface area contributed by atoms with Crippen molar-refractivity contribution in [2.75, 3.05) is 26.4 Å². The number of carbonyl (C=O) groups is 1. The quantitative estimate of drug-likeness (QED) is 0.0199. The summed E-state index contributed by atoms with van der Waals surface area (Å²) in [6.07, 6.45) is 39.1. The van der Waals surface area contributed by atoms with Crippen molar-refractivity contribution >= 4 is 5.91 Å². The molecular weight excluding hydrogens is 1170 g/mol. The van der Waals surface area contributed by atoms with Crippen LogP contribution in [0.25, 0.3) is 0 Å². The van der Waals surface area contributed by atoms with E-state index in [9.17, 15) is 61.0 Å². The first-order valence-electron chi connectivity index (χ1n) is 36.0. The Balaban J connectivity index is 1.43. The predicted octanol–water partition coefficient (Wildman–Crippen LogP) is 9.94. The molecule has 530 valence electrons. The molecule has 19 nitrogen and oxygen atoms in total. The highest BCUT2D eigenvalue weighted by molar-refractivity contribution is 5.76. The van der Waals surface area contributed by atoms with E-state index in [0.29, 0.717) is 6.42 Å². The summed E-state index contributed by atoms with van der Waals surface area (Å²) < 4.78 is 34.4. The molecule has 0 aromatic rings. The number of allylic oxidation sites excluding steroid dienone is 9. The first-order chi connectivity index (χ1) is 44.3. The number of unbranched alkanes of at least 4 members (excludes halogenated alkanes) is 31. The maximum atomic E-state index is 13.4. The van der Waals surface area contributed by atoms with E-state index in [2.05, 4.69) is 67.8 Å². The summed E-state index contributed by atoms with van der Waals surface area (Å²) in [5, 5.41) is 121. The molecule has 0 aliphatic carbocycles. The Hall–Kier alpha value is -2.51. The van der Waals surface area contributed by atoms with Crippen LogP contribution >= 0.6 is 0 Å². The second kappa shape index (κ2) is 53.6. The highest BCUT2D eigenvalue weighted by Gasteiger charge is 2.53. The summed E-state index contributed by atoms with van der Waals surface area (Å²) in [4.78, 5) is 13.4.